The van der Waals surface area contributed by atoms with E-state index in [9.17, 15) is 13.6 Å². The average Bonchev–Trinajstić information content (AvgIpc) is 2.38. The van der Waals surface area contributed by atoms with Crippen LogP contribution in [-0.2, 0) is 0 Å². The highest BCUT2D eigenvalue weighted by Gasteiger charge is 2.23. The Balaban J connectivity index is 2.89. The highest BCUT2D eigenvalue weighted by atomic mass is 19.1. The van der Waals surface area contributed by atoms with Crippen molar-refractivity contribution < 1.29 is 13.6 Å². The van der Waals surface area contributed by atoms with Gasteiger partial charge < -0.3 is 0 Å². The molecule has 0 fully saturated rings. The molecular weight excluding hydrogens is 250 g/mol. The zero-order valence-electron chi connectivity index (χ0n) is 11.0. The third-order valence-electron chi connectivity index (χ3n) is 3.04. The van der Waals surface area contributed by atoms with Gasteiger partial charge in [0.25, 0.3) is 0 Å². The van der Waals surface area contributed by atoms with Crippen LogP contribution in [0.15, 0.2) is 18.2 Å². The third kappa shape index (κ3) is 3.83. The largest absolute Gasteiger partial charge is 0.293 e. The van der Waals surface area contributed by atoms with E-state index in [2.05, 4.69) is 0 Å². The molecule has 1 aromatic carbocycles. The van der Waals surface area contributed by atoms with Crippen molar-refractivity contribution >= 4 is 5.78 Å². The normalized spacial score (nSPS) is 12.2. The van der Waals surface area contributed by atoms with Crippen molar-refractivity contribution in [2.24, 2.45) is 0 Å². The molecule has 0 amide bonds. The number of hydrogen-bond donors (Lipinski definition) is 0. The molecular formula is C14H16F2N2O. The summed E-state index contributed by atoms with van der Waals surface area (Å²) in [7, 11) is 0. The molecule has 0 aliphatic rings. The van der Waals surface area contributed by atoms with Crippen LogP contribution in [0.4, 0.5) is 8.78 Å². The first-order valence-electron chi connectivity index (χ1n) is 6.11. The second-order valence-corrected chi connectivity index (χ2v) is 4.20. The van der Waals surface area contributed by atoms with Crippen molar-refractivity contribution in [1.82, 2.24) is 4.90 Å². The van der Waals surface area contributed by atoms with Gasteiger partial charge in [-0.2, -0.15) is 5.26 Å². The van der Waals surface area contributed by atoms with E-state index in [4.69, 9.17) is 5.26 Å². The highest BCUT2D eigenvalue weighted by molar-refractivity contribution is 6.00. The van der Waals surface area contributed by atoms with Crippen molar-refractivity contribution in [1.29, 1.82) is 5.26 Å². The van der Waals surface area contributed by atoms with Crippen LogP contribution in [0.5, 0.6) is 0 Å². The summed E-state index contributed by atoms with van der Waals surface area (Å²) in [6.45, 7) is 4.55. The van der Waals surface area contributed by atoms with E-state index in [1.807, 2.05) is 13.0 Å². The van der Waals surface area contributed by atoms with Gasteiger partial charge in [0, 0.05) is 19.0 Å². The molecule has 1 aromatic rings. The Morgan fingerprint density at radius 2 is 2.16 bits per heavy atom. The van der Waals surface area contributed by atoms with Crippen LogP contribution < -0.4 is 0 Å². The summed E-state index contributed by atoms with van der Waals surface area (Å²) < 4.78 is 26.4. The molecule has 0 saturated heterocycles. The average molecular weight is 266 g/mol. The van der Waals surface area contributed by atoms with Crippen LogP contribution in [0, 0.1) is 23.0 Å². The molecule has 1 rings (SSSR count). The van der Waals surface area contributed by atoms with Gasteiger partial charge in [-0.05, 0) is 25.6 Å². The molecule has 0 heterocycles. The summed E-state index contributed by atoms with van der Waals surface area (Å²) in [5.74, 6) is -1.97. The molecule has 19 heavy (non-hydrogen) atoms. The van der Waals surface area contributed by atoms with Crippen LogP contribution in [0.3, 0.4) is 0 Å². The monoisotopic (exact) mass is 266 g/mol. The molecule has 1 unspecified atom stereocenters. The van der Waals surface area contributed by atoms with E-state index in [0.29, 0.717) is 25.6 Å². The van der Waals surface area contributed by atoms with E-state index in [0.717, 1.165) is 12.1 Å². The van der Waals surface area contributed by atoms with Crippen LogP contribution in [0.25, 0.3) is 0 Å². The second-order valence-electron chi connectivity index (χ2n) is 4.20. The topological polar surface area (TPSA) is 44.1 Å². The van der Waals surface area contributed by atoms with Crippen molar-refractivity contribution in [3.8, 4) is 6.07 Å². The Labute approximate surface area is 111 Å². The quantitative estimate of drug-likeness (QED) is 0.744. The number of carbonyl (C=O) groups is 1. The predicted molar refractivity (Wildman–Crippen MR) is 67.6 cm³/mol. The van der Waals surface area contributed by atoms with Crippen LogP contribution in [0.1, 0.15) is 30.6 Å². The van der Waals surface area contributed by atoms with Gasteiger partial charge in [0.05, 0.1) is 17.7 Å². The molecule has 0 radical (unpaired) electrons. The second kappa shape index (κ2) is 6.95. The fourth-order valence-electron chi connectivity index (χ4n) is 1.90. The van der Waals surface area contributed by atoms with Gasteiger partial charge in [-0.1, -0.05) is 6.92 Å². The summed E-state index contributed by atoms with van der Waals surface area (Å²) in [6, 6.07) is 4.38. The Hall–Kier alpha value is -1.80. The van der Waals surface area contributed by atoms with Gasteiger partial charge in [0.2, 0.25) is 0 Å². The Bertz CT molecular complexity index is 497. The number of likely N-dealkylation sites (N-methyl/N-ethyl adjacent to an activating group) is 1. The number of halogens is 2. The van der Waals surface area contributed by atoms with Gasteiger partial charge >= 0.3 is 0 Å². The number of ketones is 1. The third-order valence-corrected chi connectivity index (χ3v) is 3.04. The maximum absolute atomic E-state index is 13.5. The van der Waals surface area contributed by atoms with E-state index in [-0.39, 0.29) is 5.56 Å². The standard InChI is InChI=1S/C14H16F2N2O/c1-3-18(8-4-7-17)10(2)14(19)12-6-5-11(15)9-13(12)16/h5-6,9-10H,3-4,8H2,1-2H3. The summed E-state index contributed by atoms with van der Waals surface area (Å²) in [4.78, 5) is 13.9. The van der Waals surface area contributed by atoms with Gasteiger partial charge in [-0.3, -0.25) is 9.69 Å². The lowest BCUT2D eigenvalue weighted by molar-refractivity contribution is 0.0843. The molecule has 0 aromatic heterocycles. The molecule has 0 aliphatic heterocycles. The van der Waals surface area contributed by atoms with Gasteiger partial charge in [0.1, 0.15) is 11.6 Å². The van der Waals surface area contributed by atoms with E-state index in [1.54, 1.807) is 11.8 Å². The Kier molecular flexibility index (Phi) is 5.58. The number of Topliss-reactive ketones (excluding diaryl/α,β-unsaturated/α-hetero) is 1. The van der Waals surface area contributed by atoms with Crippen molar-refractivity contribution in [2.45, 2.75) is 26.3 Å². The molecule has 102 valence electrons. The zero-order chi connectivity index (χ0) is 14.4. The maximum Gasteiger partial charge on any atom is 0.182 e. The Morgan fingerprint density at radius 1 is 1.47 bits per heavy atom. The number of carbonyl (C=O) groups excluding carboxylic acids is 1. The summed E-state index contributed by atoms with van der Waals surface area (Å²) in [5, 5.41) is 8.56. The highest BCUT2D eigenvalue weighted by Crippen LogP contribution is 2.14. The maximum atomic E-state index is 13.5. The van der Waals surface area contributed by atoms with E-state index >= 15 is 0 Å². The first kappa shape index (κ1) is 15.3. The number of nitrogens with zero attached hydrogens (tertiary/aromatic N) is 2. The minimum absolute atomic E-state index is 0.121. The number of hydrogen-bond acceptors (Lipinski definition) is 3. The zero-order valence-corrected chi connectivity index (χ0v) is 11.0. The minimum atomic E-state index is -0.854. The lowest BCUT2D eigenvalue weighted by atomic mass is 10.0. The van der Waals surface area contributed by atoms with Crippen LogP contribution in [-0.4, -0.2) is 29.8 Å². The molecule has 1 atom stereocenters. The molecule has 0 N–H and O–H groups in total. The van der Waals surface area contributed by atoms with Gasteiger partial charge in [-0.25, -0.2) is 8.78 Å². The van der Waals surface area contributed by atoms with Crippen molar-refractivity contribution in [2.75, 3.05) is 13.1 Å². The fourth-order valence-corrected chi connectivity index (χ4v) is 1.90. The number of benzene rings is 1. The van der Waals surface area contributed by atoms with Crippen molar-refractivity contribution in [3.63, 3.8) is 0 Å². The Morgan fingerprint density at radius 3 is 2.68 bits per heavy atom. The van der Waals surface area contributed by atoms with Gasteiger partial charge in [0.15, 0.2) is 5.78 Å². The molecule has 0 spiro atoms. The fraction of sp³-hybridized carbons (Fsp3) is 0.429. The lowest BCUT2D eigenvalue weighted by Crippen LogP contribution is -2.39. The van der Waals surface area contributed by atoms with E-state index in [1.165, 1.54) is 0 Å². The molecule has 0 saturated carbocycles. The molecule has 0 aliphatic carbocycles. The molecule has 5 heteroatoms. The first-order chi connectivity index (χ1) is 9.01. The molecule has 3 nitrogen and oxygen atoms in total. The predicted octanol–water partition coefficient (Wildman–Crippen LogP) is 2.77. The number of nitriles is 1. The van der Waals surface area contributed by atoms with Crippen LogP contribution >= 0.6 is 0 Å². The molecule has 0 bridgehead atoms. The van der Waals surface area contributed by atoms with Crippen molar-refractivity contribution in [3.05, 3.63) is 35.4 Å². The number of rotatable bonds is 6. The first-order valence-corrected chi connectivity index (χ1v) is 6.11. The van der Waals surface area contributed by atoms with Gasteiger partial charge in [-0.15, -0.1) is 0 Å². The summed E-state index contributed by atoms with van der Waals surface area (Å²) in [6.07, 6.45) is 0.303. The summed E-state index contributed by atoms with van der Waals surface area (Å²) >= 11 is 0. The minimum Gasteiger partial charge on any atom is -0.293 e. The summed E-state index contributed by atoms with van der Waals surface area (Å²) in [5.41, 5.74) is -0.121. The lowest BCUT2D eigenvalue weighted by Gasteiger charge is -2.25. The van der Waals surface area contributed by atoms with Crippen LogP contribution in [0.2, 0.25) is 0 Å². The van der Waals surface area contributed by atoms with E-state index < -0.39 is 23.5 Å². The smallest absolute Gasteiger partial charge is 0.182 e. The SMILES string of the molecule is CCN(CCC#N)C(C)C(=O)c1ccc(F)cc1F.